The third-order valence-electron chi connectivity index (χ3n) is 6.89. The number of carbonyl (C=O) groups excluding carboxylic acids is 4. The Kier molecular flexibility index (Phi) is 6.91. The first kappa shape index (κ1) is 25.1. The lowest BCUT2D eigenvalue weighted by molar-refractivity contribution is -0.129. The number of aromatic nitrogens is 1. The Morgan fingerprint density at radius 1 is 0.947 bits per heavy atom. The van der Waals surface area contributed by atoms with Crippen molar-refractivity contribution < 1.29 is 19.2 Å². The molecule has 0 spiro atoms. The number of nitrogens with one attached hydrogen (secondary N) is 2. The first-order valence-corrected chi connectivity index (χ1v) is 12.6. The summed E-state index contributed by atoms with van der Waals surface area (Å²) in [6, 6.07) is 18.3. The standard InChI is InChI=1S/C29H29N5O4/c1-18(2)34-28(37)26(19-8-4-3-5-9-19)33(29(34)38)17-25(35)31-23-12-11-20-14-22(15-21(20)16-23)27(36)32-24-10-6-7-13-30-24/h3-13,16,18,22,26H,14-15,17H2,1-2H3,(H,31,35)(H,30,32,36). The van der Waals surface area contributed by atoms with Crippen molar-refractivity contribution in [3.05, 3.63) is 89.6 Å². The highest BCUT2D eigenvalue weighted by atomic mass is 16.2. The van der Waals surface area contributed by atoms with Crippen LogP contribution in [0.3, 0.4) is 0 Å². The molecule has 2 aromatic carbocycles. The second kappa shape index (κ2) is 10.5. The summed E-state index contributed by atoms with van der Waals surface area (Å²) in [7, 11) is 0. The number of fused-ring (bicyclic) bond motifs is 1. The van der Waals surface area contributed by atoms with E-state index in [2.05, 4.69) is 15.6 Å². The van der Waals surface area contributed by atoms with Gasteiger partial charge in [0.25, 0.3) is 5.91 Å². The molecule has 2 heterocycles. The van der Waals surface area contributed by atoms with Crippen LogP contribution in [0.5, 0.6) is 0 Å². The molecule has 0 saturated carbocycles. The fourth-order valence-electron chi connectivity index (χ4n) is 5.10. The van der Waals surface area contributed by atoms with Crippen LogP contribution in [0, 0.1) is 5.92 Å². The van der Waals surface area contributed by atoms with Crippen molar-refractivity contribution in [2.24, 2.45) is 5.92 Å². The van der Waals surface area contributed by atoms with Crippen LogP contribution in [-0.4, -0.2) is 51.1 Å². The molecule has 5 amide bonds. The maximum Gasteiger partial charge on any atom is 0.328 e. The van der Waals surface area contributed by atoms with Gasteiger partial charge in [0.15, 0.2) is 0 Å². The molecule has 1 aliphatic heterocycles. The summed E-state index contributed by atoms with van der Waals surface area (Å²) in [5.74, 6) is -0.540. The fourth-order valence-corrected chi connectivity index (χ4v) is 5.10. The largest absolute Gasteiger partial charge is 0.328 e. The SMILES string of the molecule is CC(C)N1C(=O)C(c2ccccc2)N(CC(=O)Nc2ccc3c(c2)CC(C(=O)Nc2ccccn2)C3)C1=O. The van der Waals surface area contributed by atoms with E-state index in [1.54, 1.807) is 62.5 Å². The van der Waals surface area contributed by atoms with Gasteiger partial charge in [0.05, 0.1) is 0 Å². The topological polar surface area (TPSA) is 112 Å². The van der Waals surface area contributed by atoms with Gasteiger partial charge < -0.3 is 10.6 Å². The number of pyridine rings is 1. The van der Waals surface area contributed by atoms with Gasteiger partial charge in [-0.25, -0.2) is 9.78 Å². The number of rotatable bonds is 7. The van der Waals surface area contributed by atoms with E-state index >= 15 is 0 Å². The molecule has 2 aliphatic rings. The van der Waals surface area contributed by atoms with Gasteiger partial charge in [-0.3, -0.25) is 24.2 Å². The molecule has 38 heavy (non-hydrogen) atoms. The quantitative estimate of drug-likeness (QED) is 0.469. The molecule has 1 saturated heterocycles. The van der Waals surface area contributed by atoms with E-state index in [4.69, 9.17) is 0 Å². The number of carbonyl (C=O) groups is 4. The van der Waals surface area contributed by atoms with Gasteiger partial charge >= 0.3 is 6.03 Å². The molecule has 1 fully saturated rings. The van der Waals surface area contributed by atoms with Gasteiger partial charge in [-0.2, -0.15) is 0 Å². The van der Waals surface area contributed by atoms with Crippen LogP contribution in [0.4, 0.5) is 16.3 Å². The van der Waals surface area contributed by atoms with E-state index in [-0.39, 0.29) is 30.3 Å². The fraction of sp³-hybridized carbons (Fsp3) is 0.276. The van der Waals surface area contributed by atoms with E-state index in [0.717, 1.165) is 11.1 Å². The average molecular weight is 512 g/mol. The molecule has 1 aromatic heterocycles. The number of hydrogen-bond acceptors (Lipinski definition) is 5. The van der Waals surface area contributed by atoms with Crippen molar-refractivity contribution >= 4 is 35.3 Å². The maximum absolute atomic E-state index is 13.1. The maximum atomic E-state index is 13.1. The molecule has 5 rings (SSSR count). The molecule has 9 nitrogen and oxygen atoms in total. The van der Waals surface area contributed by atoms with Crippen molar-refractivity contribution in [3.63, 3.8) is 0 Å². The number of urea groups is 1. The van der Waals surface area contributed by atoms with Crippen LogP contribution in [0.2, 0.25) is 0 Å². The number of nitrogens with zero attached hydrogens (tertiary/aromatic N) is 3. The first-order chi connectivity index (χ1) is 18.3. The Bertz CT molecular complexity index is 1380. The summed E-state index contributed by atoms with van der Waals surface area (Å²) in [6.07, 6.45) is 2.79. The normalized spacial score (nSPS) is 18.6. The van der Waals surface area contributed by atoms with E-state index in [0.29, 0.717) is 29.9 Å². The van der Waals surface area contributed by atoms with Gasteiger partial charge in [-0.1, -0.05) is 42.5 Å². The van der Waals surface area contributed by atoms with Crippen LogP contribution in [0.15, 0.2) is 72.9 Å². The monoisotopic (exact) mass is 511 g/mol. The second-order valence-electron chi connectivity index (χ2n) is 9.87. The van der Waals surface area contributed by atoms with Gasteiger partial charge in [0.2, 0.25) is 11.8 Å². The molecule has 2 unspecified atom stereocenters. The van der Waals surface area contributed by atoms with E-state index < -0.39 is 18.0 Å². The van der Waals surface area contributed by atoms with Gasteiger partial charge in [-0.15, -0.1) is 0 Å². The highest BCUT2D eigenvalue weighted by Gasteiger charge is 2.47. The number of hydrogen-bond donors (Lipinski definition) is 2. The van der Waals surface area contributed by atoms with Crippen molar-refractivity contribution in [1.82, 2.24) is 14.8 Å². The highest BCUT2D eigenvalue weighted by Crippen LogP contribution is 2.33. The summed E-state index contributed by atoms with van der Waals surface area (Å²) >= 11 is 0. The van der Waals surface area contributed by atoms with E-state index in [9.17, 15) is 19.2 Å². The zero-order chi connectivity index (χ0) is 26.8. The molecule has 0 radical (unpaired) electrons. The molecular formula is C29H29N5O4. The van der Waals surface area contributed by atoms with Crippen LogP contribution >= 0.6 is 0 Å². The predicted octanol–water partition coefficient (Wildman–Crippen LogP) is 3.79. The van der Waals surface area contributed by atoms with E-state index in [1.807, 2.05) is 24.3 Å². The number of anilines is 2. The Labute approximate surface area is 220 Å². The minimum atomic E-state index is -0.852. The van der Waals surface area contributed by atoms with Crippen molar-refractivity contribution in [2.45, 2.75) is 38.8 Å². The molecule has 2 atom stereocenters. The van der Waals surface area contributed by atoms with Crippen LogP contribution in [0.25, 0.3) is 0 Å². The first-order valence-electron chi connectivity index (χ1n) is 12.6. The summed E-state index contributed by atoms with van der Waals surface area (Å²) < 4.78 is 0. The molecule has 9 heteroatoms. The summed E-state index contributed by atoms with van der Waals surface area (Å²) in [5, 5.41) is 5.71. The molecule has 3 aromatic rings. The van der Waals surface area contributed by atoms with Gasteiger partial charge in [0, 0.05) is 23.8 Å². The predicted molar refractivity (Wildman–Crippen MR) is 142 cm³/mol. The number of amides is 5. The lowest BCUT2D eigenvalue weighted by Crippen LogP contribution is -2.40. The summed E-state index contributed by atoms with van der Waals surface area (Å²) in [5.41, 5.74) is 3.29. The minimum absolute atomic E-state index is 0.0932. The van der Waals surface area contributed by atoms with Crippen LogP contribution < -0.4 is 10.6 Å². The third-order valence-corrected chi connectivity index (χ3v) is 6.89. The lowest BCUT2D eigenvalue weighted by Gasteiger charge is -2.22. The third kappa shape index (κ3) is 5.00. The zero-order valence-corrected chi connectivity index (χ0v) is 21.3. The van der Waals surface area contributed by atoms with Crippen LogP contribution in [-0.2, 0) is 27.2 Å². The summed E-state index contributed by atoms with van der Waals surface area (Å²) in [4.78, 5) is 58.7. The number of imide groups is 1. The average Bonchev–Trinajstić information content (AvgIpc) is 3.43. The Morgan fingerprint density at radius 3 is 2.39 bits per heavy atom. The Balaban J connectivity index is 1.26. The molecule has 2 N–H and O–H groups in total. The second-order valence-corrected chi connectivity index (χ2v) is 9.87. The lowest BCUT2D eigenvalue weighted by atomic mass is 10.1. The summed E-state index contributed by atoms with van der Waals surface area (Å²) in [6.45, 7) is 3.28. The van der Waals surface area contributed by atoms with E-state index in [1.165, 1.54) is 9.80 Å². The van der Waals surface area contributed by atoms with Crippen molar-refractivity contribution in [3.8, 4) is 0 Å². The molecule has 1 aliphatic carbocycles. The molecule has 0 bridgehead atoms. The van der Waals surface area contributed by atoms with Crippen molar-refractivity contribution in [2.75, 3.05) is 17.2 Å². The zero-order valence-electron chi connectivity index (χ0n) is 21.3. The smallest absolute Gasteiger partial charge is 0.325 e. The minimum Gasteiger partial charge on any atom is -0.325 e. The van der Waals surface area contributed by atoms with Crippen LogP contribution in [0.1, 0.15) is 36.6 Å². The molecular weight excluding hydrogens is 482 g/mol. The number of benzene rings is 2. The Morgan fingerprint density at radius 2 is 1.68 bits per heavy atom. The van der Waals surface area contributed by atoms with Gasteiger partial charge in [-0.05, 0) is 67.6 Å². The van der Waals surface area contributed by atoms with Crippen molar-refractivity contribution in [1.29, 1.82) is 0 Å². The highest BCUT2D eigenvalue weighted by molar-refractivity contribution is 6.07. The van der Waals surface area contributed by atoms with Gasteiger partial charge in [0.1, 0.15) is 18.4 Å². The molecule has 194 valence electrons. The Hall–Kier alpha value is -4.53.